The Morgan fingerprint density at radius 2 is 1.88 bits per heavy atom. The Morgan fingerprint density at radius 3 is 2.64 bits per heavy atom. The number of rotatable bonds is 4. The lowest BCUT2D eigenvalue weighted by Crippen LogP contribution is -3.14. The van der Waals surface area contributed by atoms with Crippen LogP contribution < -0.4 is 10.2 Å². The first-order valence-corrected chi connectivity index (χ1v) is 10.6. The first-order valence-electron chi connectivity index (χ1n) is 9.76. The second kappa shape index (κ2) is 7.83. The summed E-state index contributed by atoms with van der Waals surface area (Å²) in [5.41, 5.74) is 1.13. The van der Waals surface area contributed by atoms with Gasteiger partial charge < -0.3 is 10.2 Å². The summed E-state index contributed by atoms with van der Waals surface area (Å²) in [4.78, 5) is 18.6. The van der Waals surface area contributed by atoms with E-state index < -0.39 is 0 Å². The minimum Gasteiger partial charge on any atom is -0.348 e. The van der Waals surface area contributed by atoms with Crippen LogP contribution in [0, 0.1) is 0 Å². The van der Waals surface area contributed by atoms with Crippen LogP contribution >= 0.6 is 11.3 Å². The largest absolute Gasteiger partial charge is 0.348 e. The molecule has 4 nitrogen and oxygen atoms in total. The molecule has 5 heteroatoms. The molecule has 0 radical (unpaired) electrons. The number of carbonyl (C=O) groups excluding carboxylic acids is 1. The van der Waals surface area contributed by atoms with Crippen LogP contribution in [0.3, 0.4) is 0 Å². The number of carbonyl (C=O) groups is 1. The lowest BCUT2D eigenvalue weighted by Gasteiger charge is -2.29. The van der Waals surface area contributed by atoms with E-state index in [1.807, 2.05) is 11.3 Å². The molecule has 0 bridgehead atoms. The van der Waals surface area contributed by atoms with Crippen molar-refractivity contribution in [3.05, 3.63) is 29.3 Å². The molecule has 1 saturated carbocycles. The van der Waals surface area contributed by atoms with Crippen LogP contribution in [0.2, 0.25) is 0 Å². The summed E-state index contributed by atoms with van der Waals surface area (Å²) in [5.74, 6) is 0.822. The van der Waals surface area contributed by atoms with Crippen LogP contribution in [0.15, 0.2) is 24.3 Å². The van der Waals surface area contributed by atoms with Crippen molar-refractivity contribution in [2.45, 2.75) is 56.9 Å². The third kappa shape index (κ3) is 4.21. The molecule has 2 heterocycles. The second-order valence-corrected chi connectivity index (χ2v) is 8.69. The molecule has 2 fully saturated rings. The molecular weight excluding hydrogens is 330 g/mol. The van der Waals surface area contributed by atoms with Gasteiger partial charge in [-0.25, -0.2) is 4.98 Å². The summed E-state index contributed by atoms with van der Waals surface area (Å²) in [6.45, 7) is 2.81. The number of aromatic nitrogens is 1. The lowest BCUT2D eigenvalue weighted by molar-refractivity contribution is -0.897. The SMILES string of the molecule is O=C(C[NH+]1CCC(c2nc3ccccc3s2)CC1)NC1CCCCC1. The molecule has 1 aromatic heterocycles. The molecule has 1 saturated heterocycles. The number of nitrogens with zero attached hydrogens (tertiary/aromatic N) is 1. The van der Waals surface area contributed by atoms with E-state index in [1.165, 1.54) is 46.7 Å². The Labute approximate surface area is 153 Å². The number of quaternary nitrogens is 1. The van der Waals surface area contributed by atoms with Crippen LogP contribution in [0.25, 0.3) is 10.2 Å². The zero-order chi connectivity index (χ0) is 17.1. The first kappa shape index (κ1) is 17.0. The van der Waals surface area contributed by atoms with Gasteiger partial charge in [-0.1, -0.05) is 31.4 Å². The van der Waals surface area contributed by atoms with Gasteiger partial charge in [0, 0.05) is 24.8 Å². The van der Waals surface area contributed by atoms with Crippen LogP contribution in [0.5, 0.6) is 0 Å². The van der Waals surface area contributed by atoms with Gasteiger partial charge in [-0.05, 0) is 25.0 Å². The van der Waals surface area contributed by atoms with Crippen LogP contribution in [0.1, 0.15) is 55.9 Å². The zero-order valence-corrected chi connectivity index (χ0v) is 15.6. The predicted octanol–water partition coefficient (Wildman–Crippen LogP) is 2.51. The molecule has 0 atom stereocenters. The third-order valence-electron chi connectivity index (χ3n) is 5.73. The molecule has 0 spiro atoms. The summed E-state index contributed by atoms with van der Waals surface area (Å²) in [6, 6.07) is 8.84. The van der Waals surface area contributed by atoms with E-state index in [2.05, 4.69) is 29.6 Å². The summed E-state index contributed by atoms with van der Waals surface area (Å²) in [5, 5.41) is 4.54. The van der Waals surface area contributed by atoms with Gasteiger partial charge in [0.1, 0.15) is 0 Å². The molecule has 1 amide bonds. The van der Waals surface area contributed by atoms with Crippen molar-refractivity contribution in [3.63, 3.8) is 0 Å². The number of hydrogen-bond donors (Lipinski definition) is 2. The van der Waals surface area contributed by atoms with E-state index in [9.17, 15) is 4.79 Å². The summed E-state index contributed by atoms with van der Waals surface area (Å²) in [7, 11) is 0. The summed E-state index contributed by atoms with van der Waals surface area (Å²) in [6.07, 6.45) is 8.49. The van der Waals surface area contributed by atoms with Gasteiger partial charge in [0.05, 0.1) is 28.3 Å². The Balaban J connectivity index is 1.27. The van der Waals surface area contributed by atoms with E-state index in [-0.39, 0.29) is 5.91 Å². The Bertz CT molecular complexity index is 682. The molecule has 134 valence electrons. The van der Waals surface area contributed by atoms with Crippen molar-refractivity contribution in [3.8, 4) is 0 Å². The fourth-order valence-electron chi connectivity index (χ4n) is 4.27. The standard InChI is InChI=1S/C20H27N3OS/c24-19(21-16-6-2-1-3-7-16)14-23-12-10-15(11-13-23)20-22-17-8-4-5-9-18(17)25-20/h4-5,8-9,15-16H,1-3,6-7,10-14H2,(H,21,24)/p+1. The number of piperidine rings is 1. The molecule has 4 rings (SSSR count). The van der Waals surface area contributed by atoms with Crippen LogP contribution in [-0.4, -0.2) is 36.6 Å². The lowest BCUT2D eigenvalue weighted by atomic mass is 9.95. The number of amides is 1. The van der Waals surface area contributed by atoms with E-state index in [4.69, 9.17) is 4.98 Å². The van der Waals surface area contributed by atoms with Crippen LogP contribution in [-0.2, 0) is 4.79 Å². The number of likely N-dealkylation sites (tertiary alicyclic amines) is 1. The minimum atomic E-state index is 0.250. The Hall–Kier alpha value is -1.46. The number of para-hydroxylation sites is 1. The Kier molecular flexibility index (Phi) is 5.32. The highest BCUT2D eigenvalue weighted by Crippen LogP contribution is 2.31. The minimum absolute atomic E-state index is 0.250. The maximum absolute atomic E-state index is 12.3. The number of nitrogens with one attached hydrogen (secondary N) is 2. The number of benzene rings is 1. The highest BCUT2D eigenvalue weighted by atomic mass is 32.1. The molecule has 1 aliphatic carbocycles. The molecule has 1 aliphatic heterocycles. The number of fused-ring (bicyclic) bond motifs is 1. The smallest absolute Gasteiger partial charge is 0.275 e. The van der Waals surface area contributed by atoms with Gasteiger partial charge in [0.15, 0.2) is 6.54 Å². The maximum atomic E-state index is 12.3. The normalized spacial score (nSPS) is 25.1. The molecule has 0 unspecified atom stereocenters. The summed E-state index contributed by atoms with van der Waals surface area (Å²) >= 11 is 1.84. The van der Waals surface area contributed by atoms with Gasteiger partial charge in [0.2, 0.25) is 0 Å². The van der Waals surface area contributed by atoms with Crippen LogP contribution in [0.4, 0.5) is 0 Å². The van der Waals surface area contributed by atoms with Gasteiger partial charge in [0.25, 0.3) is 5.91 Å². The van der Waals surface area contributed by atoms with E-state index in [1.54, 1.807) is 0 Å². The average molecular weight is 359 g/mol. The molecule has 1 aromatic carbocycles. The molecule has 2 aromatic rings. The van der Waals surface area contributed by atoms with Crippen molar-refractivity contribution in [1.29, 1.82) is 0 Å². The van der Waals surface area contributed by atoms with Gasteiger partial charge >= 0.3 is 0 Å². The molecule has 25 heavy (non-hydrogen) atoms. The second-order valence-electron chi connectivity index (χ2n) is 7.62. The topological polar surface area (TPSA) is 46.4 Å². The fraction of sp³-hybridized carbons (Fsp3) is 0.600. The van der Waals surface area contributed by atoms with E-state index in [0.29, 0.717) is 18.5 Å². The number of hydrogen-bond acceptors (Lipinski definition) is 3. The van der Waals surface area contributed by atoms with Crippen molar-refractivity contribution in [2.24, 2.45) is 0 Å². The predicted molar refractivity (Wildman–Crippen MR) is 102 cm³/mol. The first-order chi connectivity index (χ1) is 12.3. The van der Waals surface area contributed by atoms with Crippen molar-refractivity contribution in [1.82, 2.24) is 10.3 Å². The fourth-order valence-corrected chi connectivity index (χ4v) is 5.40. The third-order valence-corrected chi connectivity index (χ3v) is 6.93. The van der Waals surface area contributed by atoms with Gasteiger partial charge in [-0.3, -0.25) is 4.79 Å². The highest BCUT2D eigenvalue weighted by Gasteiger charge is 2.27. The van der Waals surface area contributed by atoms with Crippen molar-refractivity contribution >= 4 is 27.5 Å². The van der Waals surface area contributed by atoms with Gasteiger partial charge in [-0.15, -0.1) is 11.3 Å². The quantitative estimate of drug-likeness (QED) is 0.882. The molecular formula is C20H28N3OS+. The molecule has 2 N–H and O–H groups in total. The molecule has 2 aliphatic rings. The summed E-state index contributed by atoms with van der Waals surface area (Å²) < 4.78 is 1.29. The average Bonchev–Trinajstić information content (AvgIpc) is 3.07. The van der Waals surface area contributed by atoms with Crippen molar-refractivity contribution in [2.75, 3.05) is 19.6 Å². The zero-order valence-electron chi connectivity index (χ0n) is 14.8. The highest BCUT2D eigenvalue weighted by molar-refractivity contribution is 7.18. The van der Waals surface area contributed by atoms with Crippen molar-refractivity contribution < 1.29 is 9.69 Å². The van der Waals surface area contributed by atoms with E-state index in [0.717, 1.165) is 31.4 Å². The maximum Gasteiger partial charge on any atom is 0.275 e. The number of thiazole rings is 1. The van der Waals surface area contributed by atoms with Gasteiger partial charge in [-0.2, -0.15) is 0 Å². The Morgan fingerprint density at radius 1 is 1.12 bits per heavy atom. The monoisotopic (exact) mass is 358 g/mol. The van der Waals surface area contributed by atoms with E-state index >= 15 is 0 Å².